The number of nitrogen functional groups attached to an aromatic ring is 2. The lowest BCUT2D eigenvalue weighted by Gasteiger charge is -2.35. The van der Waals surface area contributed by atoms with Gasteiger partial charge in [-0.3, -0.25) is 27.2 Å². The summed E-state index contributed by atoms with van der Waals surface area (Å²) in [5, 5.41) is 0. The second kappa shape index (κ2) is 11.9. The molecule has 3 aliphatic heterocycles. The first-order chi connectivity index (χ1) is 21.9. The van der Waals surface area contributed by atoms with Crippen LogP contribution in [0.4, 0.5) is 11.6 Å². The van der Waals surface area contributed by atoms with Gasteiger partial charge in [-0.25, -0.2) is 39.0 Å². The normalized spacial score (nSPS) is 37.1. The molecular weight excluding hydrogens is 682 g/mol. The Morgan fingerprint density at radius 3 is 2.11 bits per heavy atom. The predicted molar refractivity (Wildman–Crippen MR) is 170 cm³/mol. The summed E-state index contributed by atoms with van der Waals surface area (Å²) in [6.45, 7) is -4.87. The number of ether oxygens (including phenoxy) is 2. The minimum Gasteiger partial charge on any atom is -0.382 e. The van der Waals surface area contributed by atoms with E-state index in [1.807, 2.05) is 13.8 Å². The number of hydrogen-bond acceptors (Lipinski definition) is 16. The fraction of sp³-hybridized carbons (Fsp3) is 0.583. The summed E-state index contributed by atoms with van der Waals surface area (Å²) in [6.07, 6.45) is 2.51. The topological polar surface area (TPSA) is 229 Å². The molecule has 0 aliphatic carbocycles. The van der Waals surface area contributed by atoms with Crippen LogP contribution in [0.1, 0.15) is 45.6 Å². The van der Waals surface area contributed by atoms with E-state index in [2.05, 4.69) is 54.4 Å². The Labute approximate surface area is 272 Å². The smallest absolute Gasteiger partial charge is 0.382 e. The molecule has 0 unspecified atom stereocenters. The molecule has 7 heterocycles. The molecule has 3 fully saturated rings. The Bertz CT molecular complexity index is 1880. The summed E-state index contributed by atoms with van der Waals surface area (Å²) >= 11 is 8.68. The van der Waals surface area contributed by atoms with Crippen molar-refractivity contribution in [3.63, 3.8) is 0 Å². The summed E-state index contributed by atoms with van der Waals surface area (Å²) in [4.78, 5) is 25.3. The van der Waals surface area contributed by atoms with Crippen LogP contribution in [0.2, 0.25) is 0 Å². The second-order valence-corrected chi connectivity index (χ2v) is 17.0. The molecule has 7 rings (SSSR count). The van der Waals surface area contributed by atoms with E-state index >= 15 is 0 Å². The van der Waals surface area contributed by atoms with Crippen molar-refractivity contribution in [3.8, 4) is 0 Å². The highest BCUT2D eigenvalue weighted by molar-refractivity contribution is 8.44. The average Bonchev–Trinajstić information content (AvgIpc) is 3.79. The Morgan fingerprint density at radius 1 is 0.891 bits per heavy atom. The van der Waals surface area contributed by atoms with Crippen molar-refractivity contribution in [1.82, 2.24) is 39.0 Å². The maximum atomic E-state index is 13.9. The first kappa shape index (κ1) is 32.2. The fourth-order valence-electron chi connectivity index (χ4n) is 6.31. The van der Waals surface area contributed by atoms with Gasteiger partial charge in [-0.1, -0.05) is 38.3 Å². The van der Waals surface area contributed by atoms with Gasteiger partial charge in [-0.2, -0.15) is 0 Å². The van der Waals surface area contributed by atoms with Crippen molar-refractivity contribution in [2.75, 3.05) is 24.7 Å². The van der Waals surface area contributed by atoms with E-state index in [0.717, 1.165) is 0 Å². The van der Waals surface area contributed by atoms with E-state index in [1.165, 1.54) is 19.0 Å². The van der Waals surface area contributed by atoms with Gasteiger partial charge in [0, 0.05) is 12.3 Å². The van der Waals surface area contributed by atoms with Crippen molar-refractivity contribution in [2.45, 2.75) is 69.5 Å². The Kier molecular flexibility index (Phi) is 8.36. The summed E-state index contributed by atoms with van der Waals surface area (Å²) in [5.74, 6) is -0.0530. The number of thiol groups is 2. The third kappa shape index (κ3) is 5.61. The summed E-state index contributed by atoms with van der Waals surface area (Å²) in [7, 11) is 0. The lowest BCUT2D eigenvalue weighted by molar-refractivity contribution is -0.123. The van der Waals surface area contributed by atoms with Gasteiger partial charge in [0.05, 0.1) is 32.0 Å². The van der Waals surface area contributed by atoms with Gasteiger partial charge in [-0.05, 0) is 12.8 Å². The standard InChI is InChI=1S/C24H32N10O8P2S2/c1-3-13-17-24(4-2,40-22(13)33-10-31-15-18(25)27-8-29-20(15)33)7-38-44(36,46)41-14-5-12(6-37-43(35,45)42-17)39-23(14)34-11-32-16-19(26)28-9-30-21(16)34/h8-14,17,22-23H,3-7H2,1-2H3,(H,35,45)(H,36,46)(H2,25,27,29)(H2,26,28,30)/t12-,13+,14+,17-,22+,23+,24+,43+,44+/m0/s1. The van der Waals surface area contributed by atoms with Crippen LogP contribution in [-0.4, -0.2) is 76.2 Å². The van der Waals surface area contributed by atoms with Crippen LogP contribution in [0.15, 0.2) is 25.3 Å². The van der Waals surface area contributed by atoms with Gasteiger partial charge in [-0.15, -0.1) is 0 Å². The SMILES string of the molecule is CC[C@H]1[C@H](n2cnc3c(N)ncnc32)O[C@]2(CC)CO[P@@](=O)(S)O[C@@H]3C[C@@H](CO[P@@](=O)(S)O[C@@H]12)O[C@H]3n1cnc2c(N)ncnc21. The molecule has 0 radical (unpaired) electrons. The van der Waals surface area contributed by atoms with Crippen molar-refractivity contribution in [2.24, 2.45) is 5.92 Å². The molecule has 0 aromatic carbocycles. The molecule has 248 valence electrons. The molecule has 0 spiro atoms. The van der Waals surface area contributed by atoms with Crippen LogP contribution in [0, 0.1) is 5.92 Å². The van der Waals surface area contributed by atoms with Crippen molar-refractivity contribution in [1.29, 1.82) is 0 Å². The van der Waals surface area contributed by atoms with E-state index in [0.29, 0.717) is 28.7 Å². The fourth-order valence-corrected chi connectivity index (χ4v) is 9.38. The van der Waals surface area contributed by atoms with E-state index in [9.17, 15) is 9.13 Å². The Balaban J connectivity index is 1.24. The van der Waals surface area contributed by atoms with Crippen molar-refractivity contribution >= 4 is 72.1 Å². The molecule has 22 heteroatoms. The lowest BCUT2D eigenvalue weighted by atomic mass is 9.87. The van der Waals surface area contributed by atoms with Gasteiger partial charge >= 0.3 is 13.6 Å². The van der Waals surface area contributed by atoms with Gasteiger partial charge in [0.15, 0.2) is 29.2 Å². The summed E-state index contributed by atoms with van der Waals surface area (Å²) in [6, 6.07) is 0. The third-order valence-electron chi connectivity index (χ3n) is 8.58. The van der Waals surface area contributed by atoms with E-state index in [1.54, 1.807) is 15.5 Å². The molecule has 4 aromatic heterocycles. The lowest BCUT2D eigenvalue weighted by Crippen LogP contribution is -2.46. The van der Waals surface area contributed by atoms with Crippen LogP contribution in [0.25, 0.3) is 22.3 Å². The van der Waals surface area contributed by atoms with Gasteiger partial charge in [0.25, 0.3) is 0 Å². The summed E-state index contributed by atoms with van der Waals surface area (Å²) in [5.41, 5.74) is 12.3. The van der Waals surface area contributed by atoms with Gasteiger partial charge < -0.3 is 20.9 Å². The molecule has 46 heavy (non-hydrogen) atoms. The summed E-state index contributed by atoms with van der Waals surface area (Å²) < 4.78 is 68.0. The molecule has 3 saturated heterocycles. The second-order valence-electron chi connectivity index (χ2n) is 11.2. The van der Waals surface area contributed by atoms with Crippen LogP contribution < -0.4 is 11.5 Å². The predicted octanol–water partition coefficient (Wildman–Crippen LogP) is 3.71. The first-order valence-corrected chi connectivity index (χ1v) is 19.8. The number of nitrogens with zero attached hydrogens (tertiary/aromatic N) is 8. The molecule has 0 amide bonds. The zero-order valence-electron chi connectivity index (χ0n) is 24.6. The number of imidazole rings is 2. The molecule has 4 N–H and O–H groups in total. The largest absolute Gasteiger partial charge is 0.386 e. The zero-order chi connectivity index (χ0) is 32.4. The molecule has 2 bridgehead atoms. The van der Waals surface area contributed by atoms with Crippen molar-refractivity contribution in [3.05, 3.63) is 25.3 Å². The number of aromatic nitrogens is 8. The quantitative estimate of drug-likeness (QED) is 0.174. The van der Waals surface area contributed by atoms with Gasteiger partial charge in [0.1, 0.15) is 47.7 Å². The number of rotatable bonds is 4. The highest BCUT2D eigenvalue weighted by Gasteiger charge is 2.58. The maximum Gasteiger partial charge on any atom is 0.386 e. The van der Waals surface area contributed by atoms with Gasteiger partial charge in [0.2, 0.25) is 0 Å². The van der Waals surface area contributed by atoms with E-state index < -0.39 is 55.9 Å². The number of hydrogen-bond donors (Lipinski definition) is 4. The van der Waals surface area contributed by atoms with E-state index in [-0.39, 0.29) is 37.7 Å². The van der Waals surface area contributed by atoms with E-state index in [4.69, 9.17) is 39.0 Å². The van der Waals surface area contributed by atoms with Crippen LogP contribution in [0.5, 0.6) is 0 Å². The third-order valence-corrected chi connectivity index (χ3v) is 11.8. The average molecular weight is 715 g/mol. The highest BCUT2D eigenvalue weighted by Crippen LogP contribution is 2.63. The molecule has 3 aliphatic rings. The highest BCUT2D eigenvalue weighted by atomic mass is 32.7. The van der Waals surface area contributed by atoms with Crippen molar-refractivity contribution < 1.29 is 36.7 Å². The minimum absolute atomic E-state index is 0.170. The Hall–Kier alpha value is -2.38. The van der Waals surface area contributed by atoms with Crippen LogP contribution in [0.3, 0.4) is 0 Å². The zero-order valence-corrected chi connectivity index (χ0v) is 28.2. The number of fused-ring (bicyclic) bond motifs is 5. The Morgan fingerprint density at radius 2 is 1.50 bits per heavy atom. The number of nitrogens with two attached hydrogens (primary N) is 2. The molecule has 0 saturated carbocycles. The molecule has 18 nitrogen and oxygen atoms in total. The molecule has 4 aromatic rings. The first-order valence-electron chi connectivity index (χ1n) is 14.4. The molecular formula is C24H32N10O8P2S2. The monoisotopic (exact) mass is 714 g/mol. The minimum atomic E-state index is -4.10. The molecule has 9 atom stereocenters. The van der Waals surface area contributed by atoms with Crippen LogP contribution in [-0.2, 0) is 36.7 Å². The van der Waals surface area contributed by atoms with Crippen LogP contribution >= 0.6 is 38.1 Å². The maximum absolute atomic E-state index is 13.9. The number of anilines is 2.